The van der Waals surface area contributed by atoms with E-state index >= 15 is 0 Å². The Morgan fingerprint density at radius 2 is 1.95 bits per heavy atom. The van der Waals surface area contributed by atoms with Crippen LogP contribution in [0.25, 0.3) is 0 Å². The number of ether oxygens (including phenoxy) is 1. The molecular weight excluding hydrogens is 340 g/mol. The monoisotopic (exact) mass is 356 g/mol. The summed E-state index contributed by atoms with van der Waals surface area (Å²) in [7, 11) is 0. The summed E-state index contributed by atoms with van der Waals surface area (Å²) in [5, 5.41) is 14.7. The molecule has 1 aliphatic rings. The van der Waals surface area contributed by atoms with Crippen LogP contribution < -0.4 is 10.6 Å². The van der Waals surface area contributed by atoms with Gasteiger partial charge in [0.2, 0.25) is 0 Å². The van der Waals surface area contributed by atoms with Gasteiger partial charge in [-0.2, -0.15) is 0 Å². The van der Waals surface area contributed by atoms with Gasteiger partial charge in [-0.25, -0.2) is 4.79 Å². The fourth-order valence-electron chi connectivity index (χ4n) is 2.21. The Bertz CT molecular complexity index is 529. The zero-order valence-corrected chi connectivity index (χ0v) is 13.0. The molecule has 0 radical (unpaired) electrons. The normalized spacial score (nSPS) is 17.0. The number of carboxylic acid groups (broad SMARTS) is 1. The van der Waals surface area contributed by atoms with Crippen molar-refractivity contribution in [1.29, 1.82) is 0 Å². The molecule has 1 fully saturated rings. The second-order valence-corrected chi connectivity index (χ2v) is 5.84. The topological polar surface area (TPSA) is 87.7 Å². The summed E-state index contributed by atoms with van der Waals surface area (Å²) in [5.41, 5.74) is -0.310. The fraction of sp³-hybridized carbons (Fsp3) is 0.429. The second kappa shape index (κ2) is 6.91. The average Bonchev–Trinajstić information content (AvgIpc) is 2.48. The van der Waals surface area contributed by atoms with Gasteiger partial charge < -0.3 is 20.5 Å². The maximum Gasteiger partial charge on any atom is 0.319 e. The number of hydrogen-bond acceptors (Lipinski definition) is 3. The molecule has 0 unspecified atom stereocenters. The first kappa shape index (κ1) is 15.8. The zero-order valence-electron chi connectivity index (χ0n) is 11.4. The molecule has 1 aromatic rings. The van der Waals surface area contributed by atoms with Crippen LogP contribution in [-0.2, 0) is 9.53 Å². The van der Waals surface area contributed by atoms with Gasteiger partial charge in [-0.3, -0.25) is 4.79 Å². The molecule has 2 amide bonds. The van der Waals surface area contributed by atoms with Gasteiger partial charge in [-0.05, 0) is 40.9 Å². The Morgan fingerprint density at radius 1 is 1.29 bits per heavy atom. The lowest BCUT2D eigenvalue weighted by atomic mass is 9.80. The summed E-state index contributed by atoms with van der Waals surface area (Å²) in [6.07, 6.45) is 0.801. The zero-order chi connectivity index (χ0) is 15.3. The van der Waals surface area contributed by atoms with Gasteiger partial charge in [0, 0.05) is 24.2 Å². The highest BCUT2D eigenvalue weighted by molar-refractivity contribution is 9.10. The summed E-state index contributed by atoms with van der Waals surface area (Å²) < 4.78 is 5.96. The Morgan fingerprint density at radius 3 is 2.57 bits per heavy atom. The molecule has 0 aliphatic carbocycles. The van der Waals surface area contributed by atoms with Crippen molar-refractivity contribution in [2.45, 2.75) is 12.8 Å². The first-order valence-electron chi connectivity index (χ1n) is 6.64. The van der Waals surface area contributed by atoms with Crippen molar-refractivity contribution in [2.75, 3.05) is 25.1 Å². The van der Waals surface area contributed by atoms with Crippen molar-refractivity contribution in [3.8, 4) is 0 Å². The number of urea groups is 1. The number of hydrogen-bond donors (Lipinski definition) is 3. The van der Waals surface area contributed by atoms with Crippen LogP contribution in [0, 0.1) is 5.41 Å². The Labute approximate surface area is 131 Å². The van der Waals surface area contributed by atoms with Gasteiger partial charge >= 0.3 is 12.0 Å². The largest absolute Gasteiger partial charge is 0.481 e. The first-order valence-corrected chi connectivity index (χ1v) is 7.43. The Balaban J connectivity index is 1.93. The van der Waals surface area contributed by atoms with E-state index in [1.54, 1.807) is 12.1 Å². The lowest BCUT2D eigenvalue weighted by Crippen LogP contribution is -2.47. The lowest BCUT2D eigenvalue weighted by molar-refractivity contribution is -0.154. The number of benzene rings is 1. The Kier molecular flexibility index (Phi) is 5.19. The maximum atomic E-state index is 11.9. The van der Waals surface area contributed by atoms with Gasteiger partial charge in [0.1, 0.15) is 0 Å². The quantitative estimate of drug-likeness (QED) is 0.773. The third kappa shape index (κ3) is 3.95. The number of carbonyl (C=O) groups excluding carboxylic acids is 1. The van der Waals surface area contributed by atoms with Crippen LogP contribution in [0.1, 0.15) is 12.8 Å². The molecule has 0 saturated carbocycles. The lowest BCUT2D eigenvalue weighted by Gasteiger charge is -2.33. The molecule has 0 atom stereocenters. The highest BCUT2D eigenvalue weighted by Gasteiger charge is 2.40. The minimum atomic E-state index is -0.941. The van der Waals surface area contributed by atoms with E-state index in [0.717, 1.165) is 4.47 Å². The van der Waals surface area contributed by atoms with E-state index in [1.807, 2.05) is 12.1 Å². The van der Waals surface area contributed by atoms with Crippen LogP contribution in [-0.4, -0.2) is 36.9 Å². The number of carbonyl (C=O) groups is 2. The van der Waals surface area contributed by atoms with Gasteiger partial charge in [-0.15, -0.1) is 0 Å². The molecule has 0 spiro atoms. The molecule has 1 heterocycles. The summed E-state index contributed by atoms with van der Waals surface area (Å²) >= 11 is 3.33. The van der Waals surface area contributed by atoms with E-state index in [-0.39, 0.29) is 6.54 Å². The van der Waals surface area contributed by atoms with Gasteiger partial charge in [0.05, 0.1) is 11.1 Å². The molecule has 2 rings (SSSR count). The smallest absolute Gasteiger partial charge is 0.319 e. The fourth-order valence-corrected chi connectivity index (χ4v) is 2.59. The van der Waals surface area contributed by atoms with E-state index in [4.69, 9.17) is 4.74 Å². The maximum absolute atomic E-state index is 11.9. The predicted molar refractivity (Wildman–Crippen MR) is 81.3 cm³/mol. The SMILES string of the molecule is O=C(NCC1(C(=O)O)CCOCC1)Nc1ccccc1Br. The number of para-hydroxylation sites is 1. The minimum absolute atomic E-state index is 0.0853. The molecule has 1 aromatic carbocycles. The highest BCUT2D eigenvalue weighted by atomic mass is 79.9. The van der Waals surface area contributed by atoms with Crippen LogP contribution in [0.15, 0.2) is 28.7 Å². The average molecular weight is 357 g/mol. The van der Waals surface area contributed by atoms with Crippen molar-refractivity contribution >= 4 is 33.6 Å². The van der Waals surface area contributed by atoms with Crippen LogP contribution in [0.3, 0.4) is 0 Å². The standard InChI is InChI=1S/C14H17BrN2O4/c15-10-3-1-2-4-11(10)17-13(20)16-9-14(12(18)19)5-7-21-8-6-14/h1-4H,5-9H2,(H,18,19)(H2,16,17,20). The predicted octanol–water partition coefficient (Wildman–Crippen LogP) is 2.45. The molecular formula is C14H17BrN2O4. The number of nitrogens with one attached hydrogen (secondary N) is 2. The van der Waals surface area contributed by atoms with Crippen molar-refractivity contribution in [1.82, 2.24) is 5.32 Å². The molecule has 1 aliphatic heterocycles. The van der Waals surface area contributed by atoms with E-state index in [0.29, 0.717) is 31.7 Å². The van der Waals surface area contributed by atoms with Crippen LogP contribution in [0.2, 0.25) is 0 Å². The van der Waals surface area contributed by atoms with E-state index in [9.17, 15) is 14.7 Å². The molecule has 114 valence electrons. The molecule has 0 bridgehead atoms. The molecule has 0 aromatic heterocycles. The summed E-state index contributed by atoms with van der Waals surface area (Å²) in [6.45, 7) is 0.891. The highest BCUT2D eigenvalue weighted by Crippen LogP contribution is 2.30. The van der Waals surface area contributed by atoms with Gasteiger partial charge in [0.15, 0.2) is 0 Å². The second-order valence-electron chi connectivity index (χ2n) is 4.99. The van der Waals surface area contributed by atoms with Gasteiger partial charge in [0.25, 0.3) is 0 Å². The number of halogens is 1. The van der Waals surface area contributed by atoms with Gasteiger partial charge in [-0.1, -0.05) is 12.1 Å². The number of amides is 2. The summed E-state index contributed by atoms with van der Waals surface area (Å²) in [6, 6.07) is 6.79. The number of anilines is 1. The number of aliphatic carboxylic acids is 1. The molecule has 3 N–H and O–H groups in total. The van der Waals surface area contributed by atoms with E-state index in [1.165, 1.54) is 0 Å². The first-order chi connectivity index (χ1) is 10.0. The summed E-state index contributed by atoms with van der Waals surface area (Å²) in [4.78, 5) is 23.4. The van der Waals surface area contributed by atoms with Crippen LogP contribution in [0.5, 0.6) is 0 Å². The third-order valence-electron chi connectivity index (χ3n) is 3.61. The number of carboxylic acids is 1. The molecule has 1 saturated heterocycles. The van der Waals surface area contributed by atoms with Crippen molar-refractivity contribution < 1.29 is 19.4 Å². The molecule has 6 nitrogen and oxygen atoms in total. The van der Waals surface area contributed by atoms with E-state index in [2.05, 4.69) is 26.6 Å². The number of rotatable bonds is 4. The van der Waals surface area contributed by atoms with Crippen molar-refractivity contribution in [3.05, 3.63) is 28.7 Å². The van der Waals surface area contributed by atoms with Crippen molar-refractivity contribution in [2.24, 2.45) is 5.41 Å². The third-order valence-corrected chi connectivity index (χ3v) is 4.30. The van der Waals surface area contributed by atoms with E-state index < -0.39 is 17.4 Å². The molecule has 7 heteroatoms. The Hall–Kier alpha value is -1.60. The molecule has 21 heavy (non-hydrogen) atoms. The van der Waals surface area contributed by atoms with Crippen molar-refractivity contribution in [3.63, 3.8) is 0 Å². The van der Waals surface area contributed by atoms with Crippen LogP contribution >= 0.6 is 15.9 Å². The minimum Gasteiger partial charge on any atom is -0.481 e. The van der Waals surface area contributed by atoms with Crippen LogP contribution in [0.4, 0.5) is 10.5 Å². The summed E-state index contributed by atoms with van der Waals surface area (Å²) in [5.74, 6) is -0.896.